The van der Waals surface area contributed by atoms with E-state index in [4.69, 9.17) is 11.5 Å². The molecule has 0 aromatic carbocycles. The van der Waals surface area contributed by atoms with Gasteiger partial charge in [0.15, 0.2) is 0 Å². The summed E-state index contributed by atoms with van der Waals surface area (Å²) in [5, 5.41) is 0. The fourth-order valence-electron chi connectivity index (χ4n) is 1.33. The Labute approximate surface area is 62.3 Å². The van der Waals surface area contributed by atoms with Crippen LogP contribution in [-0.2, 0) is 0 Å². The number of hydrogen-bond acceptors (Lipinski definition) is 2. The minimum Gasteiger partial charge on any atom is -0.330 e. The van der Waals surface area contributed by atoms with Crippen LogP contribution in [0.15, 0.2) is 12.2 Å². The van der Waals surface area contributed by atoms with Gasteiger partial charge < -0.3 is 11.5 Å². The van der Waals surface area contributed by atoms with E-state index in [0.717, 1.165) is 13.1 Å². The summed E-state index contributed by atoms with van der Waals surface area (Å²) >= 11 is 0. The van der Waals surface area contributed by atoms with Gasteiger partial charge in [-0.05, 0) is 37.8 Å². The van der Waals surface area contributed by atoms with Crippen molar-refractivity contribution in [1.29, 1.82) is 0 Å². The molecule has 1 rings (SSSR count). The highest BCUT2D eigenvalue weighted by Crippen LogP contribution is 2.19. The standard InChI is InChI=1S/C8H16N2/c9-5-7-1-2-8(6-10)4-3-7/h1-2,7-8H,3-6,9-10H2. The van der Waals surface area contributed by atoms with Crippen LogP contribution in [0, 0.1) is 11.8 Å². The smallest absolute Gasteiger partial charge is 0.00142 e. The van der Waals surface area contributed by atoms with E-state index in [-0.39, 0.29) is 0 Å². The fourth-order valence-corrected chi connectivity index (χ4v) is 1.33. The summed E-state index contributed by atoms with van der Waals surface area (Å²) in [6.45, 7) is 1.57. The average molecular weight is 140 g/mol. The van der Waals surface area contributed by atoms with Crippen LogP contribution in [0.25, 0.3) is 0 Å². The number of nitrogens with two attached hydrogens (primary N) is 2. The molecule has 0 saturated heterocycles. The van der Waals surface area contributed by atoms with Crippen LogP contribution in [0.5, 0.6) is 0 Å². The first kappa shape index (κ1) is 7.76. The van der Waals surface area contributed by atoms with Gasteiger partial charge >= 0.3 is 0 Å². The first-order valence-electron chi connectivity index (χ1n) is 3.95. The monoisotopic (exact) mass is 140 g/mol. The molecule has 1 aliphatic carbocycles. The Hall–Kier alpha value is -0.340. The molecular formula is C8H16N2. The Morgan fingerprint density at radius 3 is 1.60 bits per heavy atom. The summed E-state index contributed by atoms with van der Waals surface area (Å²) in [5.74, 6) is 1.23. The van der Waals surface area contributed by atoms with Crippen LogP contribution in [0.3, 0.4) is 0 Å². The predicted molar refractivity (Wildman–Crippen MR) is 43.5 cm³/mol. The molecule has 0 aromatic rings. The van der Waals surface area contributed by atoms with Gasteiger partial charge in [-0.25, -0.2) is 0 Å². The molecule has 2 unspecified atom stereocenters. The maximum absolute atomic E-state index is 5.51. The van der Waals surface area contributed by atoms with Crippen molar-refractivity contribution in [3.63, 3.8) is 0 Å². The Morgan fingerprint density at radius 2 is 1.40 bits per heavy atom. The molecule has 10 heavy (non-hydrogen) atoms. The third-order valence-electron chi connectivity index (χ3n) is 2.17. The average Bonchev–Trinajstić information content (AvgIpc) is 2.05. The SMILES string of the molecule is NCC1C=CC(CN)CC1. The lowest BCUT2D eigenvalue weighted by molar-refractivity contribution is 0.466. The quantitative estimate of drug-likeness (QED) is 0.548. The predicted octanol–water partition coefficient (Wildman–Crippen LogP) is 0.486. The molecule has 0 aromatic heterocycles. The van der Waals surface area contributed by atoms with Gasteiger partial charge in [0.1, 0.15) is 0 Å². The van der Waals surface area contributed by atoms with Crippen molar-refractivity contribution < 1.29 is 0 Å². The second kappa shape index (κ2) is 3.74. The zero-order valence-corrected chi connectivity index (χ0v) is 6.29. The van der Waals surface area contributed by atoms with E-state index in [1.54, 1.807) is 0 Å². The first-order valence-corrected chi connectivity index (χ1v) is 3.95. The van der Waals surface area contributed by atoms with E-state index >= 15 is 0 Å². The van der Waals surface area contributed by atoms with Gasteiger partial charge in [-0.15, -0.1) is 0 Å². The third kappa shape index (κ3) is 1.82. The van der Waals surface area contributed by atoms with Gasteiger partial charge in [0.05, 0.1) is 0 Å². The maximum Gasteiger partial charge on any atom is -0.00142 e. The third-order valence-corrected chi connectivity index (χ3v) is 2.17. The Kier molecular flexibility index (Phi) is 2.90. The molecule has 0 heterocycles. The van der Waals surface area contributed by atoms with Crippen LogP contribution in [-0.4, -0.2) is 13.1 Å². The molecule has 0 amide bonds. The molecule has 2 heteroatoms. The van der Waals surface area contributed by atoms with E-state index in [0.29, 0.717) is 11.8 Å². The molecule has 58 valence electrons. The lowest BCUT2D eigenvalue weighted by Gasteiger charge is -2.19. The summed E-state index contributed by atoms with van der Waals surface area (Å²) in [4.78, 5) is 0. The summed E-state index contributed by atoms with van der Waals surface area (Å²) in [6.07, 6.45) is 6.85. The fraction of sp³-hybridized carbons (Fsp3) is 0.750. The molecule has 0 spiro atoms. The second-order valence-electron chi connectivity index (χ2n) is 2.95. The summed E-state index contributed by atoms with van der Waals surface area (Å²) in [6, 6.07) is 0. The van der Waals surface area contributed by atoms with Crippen molar-refractivity contribution in [3.8, 4) is 0 Å². The molecule has 2 atom stereocenters. The number of rotatable bonds is 2. The van der Waals surface area contributed by atoms with Gasteiger partial charge in [-0.1, -0.05) is 12.2 Å². The summed E-state index contributed by atoms with van der Waals surface area (Å²) < 4.78 is 0. The molecule has 0 bridgehead atoms. The van der Waals surface area contributed by atoms with E-state index in [9.17, 15) is 0 Å². The largest absolute Gasteiger partial charge is 0.330 e. The summed E-state index contributed by atoms with van der Waals surface area (Å²) in [5.41, 5.74) is 11.0. The first-order chi connectivity index (χ1) is 4.86. The molecule has 0 aliphatic heterocycles. The summed E-state index contributed by atoms with van der Waals surface area (Å²) in [7, 11) is 0. The topological polar surface area (TPSA) is 52.0 Å². The van der Waals surface area contributed by atoms with Crippen LogP contribution in [0.1, 0.15) is 12.8 Å². The highest BCUT2D eigenvalue weighted by atomic mass is 14.6. The van der Waals surface area contributed by atoms with Crippen LogP contribution in [0.2, 0.25) is 0 Å². The van der Waals surface area contributed by atoms with Gasteiger partial charge in [-0.2, -0.15) is 0 Å². The molecule has 0 fully saturated rings. The maximum atomic E-state index is 5.51. The van der Waals surface area contributed by atoms with Crippen molar-refractivity contribution in [2.24, 2.45) is 23.3 Å². The van der Waals surface area contributed by atoms with Crippen molar-refractivity contribution in [2.75, 3.05) is 13.1 Å². The molecule has 1 aliphatic rings. The van der Waals surface area contributed by atoms with Gasteiger partial charge in [0.2, 0.25) is 0 Å². The number of hydrogen-bond donors (Lipinski definition) is 2. The Morgan fingerprint density at radius 1 is 1.00 bits per heavy atom. The van der Waals surface area contributed by atoms with Crippen LogP contribution in [0.4, 0.5) is 0 Å². The molecule has 0 saturated carbocycles. The Balaban J connectivity index is 2.36. The zero-order chi connectivity index (χ0) is 7.40. The highest BCUT2D eigenvalue weighted by molar-refractivity contribution is 4.98. The minimum atomic E-state index is 0.614. The van der Waals surface area contributed by atoms with Gasteiger partial charge in [0, 0.05) is 0 Å². The van der Waals surface area contributed by atoms with E-state index in [1.807, 2.05) is 0 Å². The highest BCUT2D eigenvalue weighted by Gasteiger charge is 2.12. The zero-order valence-electron chi connectivity index (χ0n) is 6.29. The van der Waals surface area contributed by atoms with Gasteiger partial charge in [0.25, 0.3) is 0 Å². The molecule has 2 nitrogen and oxygen atoms in total. The molecular weight excluding hydrogens is 124 g/mol. The normalized spacial score (nSPS) is 32.6. The van der Waals surface area contributed by atoms with Crippen molar-refractivity contribution in [2.45, 2.75) is 12.8 Å². The van der Waals surface area contributed by atoms with Crippen molar-refractivity contribution in [3.05, 3.63) is 12.2 Å². The Bertz CT molecular complexity index is 106. The van der Waals surface area contributed by atoms with Crippen molar-refractivity contribution >= 4 is 0 Å². The minimum absolute atomic E-state index is 0.614. The van der Waals surface area contributed by atoms with Crippen molar-refractivity contribution in [1.82, 2.24) is 0 Å². The van der Waals surface area contributed by atoms with E-state index < -0.39 is 0 Å². The van der Waals surface area contributed by atoms with E-state index in [2.05, 4.69) is 12.2 Å². The second-order valence-corrected chi connectivity index (χ2v) is 2.95. The van der Waals surface area contributed by atoms with Crippen LogP contribution < -0.4 is 11.5 Å². The molecule has 4 N–H and O–H groups in total. The lowest BCUT2D eigenvalue weighted by Crippen LogP contribution is -2.21. The lowest BCUT2D eigenvalue weighted by atomic mass is 9.89. The molecule has 0 radical (unpaired) electrons. The van der Waals surface area contributed by atoms with E-state index in [1.165, 1.54) is 12.8 Å². The van der Waals surface area contributed by atoms with Gasteiger partial charge in [-0.3, -0.25) is 0 Å². The van der Waals surface area contributed by atoms with Crippen LogP contribution >= 0.6 is 0 Å².